The molecule has 1 atom stereocenters. The summed E-state index contributed by atoms with van der Waals surface area (Å²) in [5.41, 5.74) is 2.84. The minimum absolute atomic E-state index is 0.0961. The summed E-state index contributed by atoms with van der Waals surface area (Å²) in [6.45, 7) is 1.74. The summed E-state index contributed by atoms with van der Waals surface area (Å²) in [6, 6.07) is 5.99. The molecule has 178 valence electrons. The molecule has 0 radical (unpaired) electrons. The molecule has 2 aromatic rings. The van der Waals surface area contributed by atoms with Gasteiger partial charge in [0.05, 0.1) is 18.3 Å². The van der Waals surface area contributed by atoms with E-state index >= 15 is 0 Å². The van der Waals surface area contributed by atoms with Crippen LogP contribution in [0.2, 0.25) is 0 Å². The van der Waals surface area contributed by atoms with Gasteiger partial charge in [0.15, 0.2) is 0 Å². The molecular weight excluding hydrogens is 430 g/mol. The number of benzene rings is 1. The lowest BCUT2D eigenvalue weighted by Gasteiger charge is -2.30. The van der Waals surface area contributed by atoms with Gasteiger partial charge in [0.25, 0.3) is 0 Å². The largest absolute Gasteiger partial charge is 0.435 e. The number of fused-ring (bicyclic) bond motifs is 1. The molecule has 0 aliphatic carbocycles. The van der Waals surface area contributed by atoms with Gasteiger partial charge in [-0.25, -0.2) is 14.8 Å². The summed E-state index contributed by atoms with van der Waals surface area (Å²) >= 11 is 0. The Morgan fingerprint density at radius 1 is 1.27 bits per heavy atom. The van der Waals surface area contributed by atoms with Crippen LogP contribution in [0.15, 0.2) is 30.5 Å². The van der Waals surface area contributed by atoms with Gasteiger partial charge in [0, 0.05) is 32.4 Å². The molecular formula is C24H30F2N4O3. The Labute approximate surface area is 192 Å². The minimum atomic E-state index is -2.86. The van der Waals surface area contributed by atoms with Gasteiger partial charge >= 0.3 is 12.6 Å². The number of hydrogen-bond acceptors (Lipinski definition) is 5. The summed E-state index contributed by atoms with van der Waals surface area (Å²) in [5.74, 6) is 1.47. The normalized spacial score (nSPS) is 17.5. The van der Waals surface area contributed by atoms with Crippen LogP contribution in [-0.2, 0) is 24.1 Å². The second-order valence-electron chi connectivity index (χ2n) is 8.55. The van der Waals surface area contributed by atoms with Crippen molar-refractivity contribution in [3.63, 3.8) is 0 Å². The van der Waals surface area contributed by atoms with Gasteiger partial charge in [-0.2, -0.15) is 8.78 Å². The number of carbonyl (C=O) groups excluding carboxylic acids is 1. The highest BCUT2D eigenvalue weighted by Crippen LogP contribution is 2.24. The quantitative estimate of drug-likeness (QED) is 0.668. The van der Waals surface area contributed by atoms with E-state index < -0.39 is 6.61 Å². The van der Waals surface area contributed by atoms with Gasteiger partial charge in [0.1, 0.15) is 11.6 Å². The van der Waals surface area contributed by atoms with Crippen molar-refractivity contribution in [2.75, 3.05) is 19.8 Å². The van der Waals surface area contributed by atoms with E-state index in [4.69, 9.17) is 9.72 Å². The fourth-order valence-electron chi connectivity index (χ4n) is 4.37. The first-order valence-corrected chi connectivity index (χ1v) is 11.5. The predicted molar refractivity (Wildman–Crippen MR) is 118 cm³/mol. The van der Waals surface area contributed by atoms with Gasteiger partial charge in [-0.1, -0.05) is 19.1 Å². The summed E-state index contributed by atoms with van der Waals surface area (Å²) < 4.78 is 34.6. The maximum Gasteiger partial charge on any atom is 0.387 e. The molecule has 7 nitrogen and oxygen atoms in total. The third-order valence-electron chi connectivity index (χ3n) is 6.31. The molecule has 0 saturated carbocycles. The number of alkyl halides is 2. The number of urea groups is 1. The number of rotatable bonds is 7. The summed E-state index contributed by atoms with van der Waals surface area (Å²) in [7, 11) is 0. The van der Waals surface area contributed by atoms with Crippen molar-refractivity contribution in [1.29, 1.82) is 0 Å². The number of ether oxygens (including phenoxy) is 2. The van der Waals surface area contributed by atoms with E-state index in [1.165, 1.54) is 12.1 Å². The highest BCUT2D eigenvalue weighted by Gasteiger charge is 2.25. The minimum Gasteiger partial charge on any atom is -0.435 e. The highest BCUT2D eigenvalue weighted by atomic mass is 19.3. The number of aromatic nitrogens is 2. The number of nitrogens with one attached hydrogen (secondary N) is 1. The molecule has 2 aliphatic rings. The molecule has 4 rings (SSSR count). The average molecular weight is 461 g/mol. The predicted octanol–water partition coefficient (Wildman–Crippen LogP) is 4.27. The van der Waals surface area contributed by atoms with Crippen molar-refractivity contribution in [3.8, 4) is 5.75 Å². The zero-order valence-electron chi connectivity index (χ0n) is 18.8. The zero-order chi connectivity index (χ0) is 23.2. The number of nitrogens with zero attached hydrogens (tertiary/aromatic N) is 3. The topological polar surface area (TPSA) is 76.6 Å². The third-order valence-corrected chi connectivity index (χ3v) is 6.31. The smallest absolute Gasteiger partial charge is 0.387 e. The molecule has 1 fully saturated rings. The van der Waals surface area contributed by atoms with Crippen molar-refractivity contribution in [2.45, 2.75) is 58.2 Å². The zero-order valence-corrected chi connectivity index (χ0v) is 18.8. The van der Waals surface area contributed by atoms with Crippen LogP contribution in [0.1, 0.15) is 54.9 Å². The SMILES string of the molecule is CC[C@@H](NC(=O)N1CCc2cnc(CC3CCOCC3)nc2C1)c1ccc(OC(F)F)cc1. The Morgan fingerprint density at radius 2 is 2.03 bits per heavy atom. The first-order chi connectivity index (χ1) is 16.0. The molecule has 2 aliphatic heterocycles. The summed E-state index contributed by atoms with van der Waals surface area (Å²) in [4.78, 5) is 24.1. The standard InChI is InChI=1S/C24H30F2N4O3/c1-2-20(17-3-5-19(6-4-17)33-23(25)26)29-24(31)30-10-7-18-14-27-22(28-21(18)15-30)13-16-8-11-32-12-9-16/h3-6,14,16,20,23H,2,7-13,15H2,1H3,(H,29,31)/t20-/m1/s1. The van der Waals surface area contributed by atoms with E-state index in [0.717, 1.165) is 61.5 Å². The lowest BCUT2D eigenvalue weighted by Crippen LogP contribution is -2.44. The number of hydrogen-bond donors (Lipinski definition) is 1. The molecule has 0 bridgehead atoms. The molecule has 3 heterocycles. The molecule has 1 N–H and O–H groups in total. The van der Waals surface area contributed by atoms with Crippen LogP contribution >= 0.6 is 0 Å². The van der Waals surface area contributed by atoms with Gasteiger partial charge in [-0.15, -0.1) is 0 Å². The molecule has 1 saturated heterocycles. The summed E-state index contributed by atoms with van der Waals surface area (Å²) in [5, 5.41) is 3.06. The molecule has 1 aromatic carbocycles. The maximum atomic E-state index is 13.0. The Kier molecular flexibility index (Phi) is 7.69. The molecule has 9 heteroatoms. The maximum absolute atomic E-state index is 13.0. The third kappa shape index (κ3) is 6.16. The number of amides is 2. The Morgan fingerprint density at radius 3 is 2.73 bits per heavy atom. The molecule has 33 heavy (non-hydrogen) atoms. The second kappa shape index (κ2) is 10.9. The fraction of sp³-hybridized carbons (Fsp3) is 0.542. The fourth-order valence-corrected chi connectivity index (χ4v) is 4.37. The molecule has 0 unspecified atom stereocenters. The molecule has 1 aromatic heterocycles. The van der Waals surface area contributed by atoms with Crippen LogP contribution in [0.5, 0.6) is 5.75 Å². The van der Waals surface area contributed by atoms with E-state index in [-0.39, 0.29) is 17.8 Å². The van der Waals surface area contributed by atoms with Crippen LogP contribution in [0.25, 0.3) is 0 Å². The first kappa shape index (κ1) is 23.4. The Bertz CT molecular complexity index is 936. The van der Waals surface area contributed by atoms with E-state index in [1.807, 2.05) is 13.1 Å². The van der Waals surface area contributed by atoms with E-state index in [2.05, 4.69) is 15.0 Å². The Hall–Kier alpha value is -2.81. The van der Waals surface area contributed by atoms with Crippen molar-refractivity contribution in [3.05, 3.63) is 53.1 Å². The Balaban J connectivity index is 1.37. The highest BCUT2D eigenvalue weighted by molar-refractivity contribution is 5.75. The monoisotopic (exact) mass is 460 g/mol. The number of carbonyl (C=O) groups is 1. The van der Waals surface area contributed by atoms with Crippen LogP contribution in [0.4, 0.5) is 13.6 Å². The van der Waals surface area contributed by atoms with Crippen molar-refractivity contribution in [2.24, 2.45) is 5.92 Å². The van der Waals surface area contributed by atoms with E-state index in [9.17, 15) is 13.6 Å². The van der Waals surface area contributed by atoms with E-state index in [1.54, 1.807) is 17.0 Å². The van der Waals surface area contributed by atoms with Gasteiger partial charge in [0.2, 0.25) is 0 Å². The lowest BCUT2D eigenvalue weighted by molar-refractivity contribution is -0.0498. The van der Waals surface area contributed by atoms with Gasteiger partial charge in [-0.05, 0) is 54.9 Å². The van der Waals surface area contributed by atoms with Crippen molar-refractivity contribution in [1.82, 2.24) is 20.2 Å². The van der Waals surface area contributed by atoms with Crippen LogP contribution in [0.3, 0.4) is 0 Å². The van der Waals surface area contributed by atoms with Crippen molar-refractivity contribution < 1.29 is 23.0 Å². The van der Waals surface area contributed by atoms with Crippen molar-refractivity contribution >= 4 is 6.03 Å². The molecule has 2 amide bonds. The average Bonchev–Trinajstić information content (AvgIpc) is 2.83. The lowest BCUT2D eigenvalue weighted by atomic mass is 9.96. The van der Waals surface area contributed by atoms with Gasteiger partial charge in [-0.3, -0.25) is 0 Å². The van der Waals surface area contributed by atoms with Crippen LogP contribution < -0.4 is 10.1 Å². The first-order valence-electron chi connectivity index (χ1n) is 11.5. The van der Waals surface area contributed by atoms with Crippen LogP contribution in [-0.4, -0.2) is 47.3 Å². The van der Waals surface area contributed by atoms with Gasteiger partial charge < -0.3 is 19.7 Å². The summed E-state index contributed by atoms with van der Waals surface area (Å²) in [6.07, 6.45) is 6.20. The molecule has 0 spiro atoms. The van der Waals surface area contributed by atoms with Crippen LogP contribution in [0, 0.1) is 5.92 Å². The van der Waals surface area contributed by atoms with E-state index in [0.29, 0.717) is 25.4 Å². The number of halogens is 2. The second-order valence-corrected chi connectivity index (χ2v) is 8.55.